The second-order valence-corrected chi connectivity index (χ2v) is 8.16. The van der Waals surface area contributed by atoms with Crippen LogP contribution in [0.5, 0.6) is 0 Å². The molecule has 31 heavy (non-hydrogen) atoms. The van der Waals surface area contributed by atoms with Gasteiger partial charge in [-0.1, -0.05) is 11.6 Å². The quantitative estimate of drug-likeness (QED) is 0.737. The summed E-state index contributed by atoms with van der Waals surface area (Å²) in [5.41, 5.74) is 3.32. The molecule has 162 valence electrons. The van der Waals surface area contributed by atoms with Crippen molar-refractivity contribution in [2.24, 2.45) is 4.99 Å². The van der Waals surface area contributed by atoms with E-state index in [4.69, 9.17) is 11.6 Å². The number of hydrogen-bond donors (Lipinski definition) is 1. The Morgan fingerprint density at radius 2 is 1.81 bits per heavy atom. The molecule has 2 aromatic rings. The van der Waals surface area contributed by atoms with Crippen LogP contribution in [0.15, 0.2) is 29.8 Å². The van der Waals surface area contributed by atoms with E-state index in [9.17, 15) is 4.79 Å². The molecule has 0 spiro atoms. The van der Waals surface area contributed by atoms with Crippen LogP contribution in [0.2, 0.25) is 5.02 Å². The lowest BCUT2D eigenvalue weighted by Crippen LogP contribution is -2.55. The van der Waals surface area contributed by atoms with Gasteiger partial charge in [-0.2, -0.15) is 0 Å². The van der Waals surface area contributed by atoms with Gasteiger partial charge in [0.25, 0.3) is 5.91 Å². The van der Waals surface area contributed by atoms with Crippen LogP contribution in [-0.2, 0) is 0 Å². The van der Waals surface area contributed by atoms with Gasteiger partial charge in [-0.25, -0.2) is 34.8 Å². The molecule has 2 atom stereocenters. The Balaban J connectivity index is 1.30. The standard InChI is InChI=1S/C19H21ClFN9O/c20-13-7-25-18(26-8-13)28-4-3-16(15(21)9-28)30(14-1-2-14)17(31)12-5-23-19(24-6-12)29-11-22-10-27-29/h5-8,11,14-16,27H,1-4,9-10H2/t15-,16+/m0/s1. The second kappa shape index (κ2) is 8.31. The minimum atomic E-state index is -1.22. The van der Waals surface area contributed by atoms with Gasteiger partial charge in [-0.15, -0.1) is 0 Å². The normalized spacial score (nSPS) is 23.3. The minimum Gasteiger partial charge on any atom is -0.338 e. The molecule has 5 rings (SSSR count). The molecule has 0 aromatic carbocycles. The third-order valence-electron chi connectivity index (χ3n) is 5.56. The highest BCUT2D eigenvalue weighted by Gasteiger charge is 2.43. The molecule has 1 aliphatic carbocycles. The van der Waals surface area contributed by atoms with Crippen molar-refractivity contribution in [3.05, 3.63) is 35.4 Å². The zero-order valence-electron chi connectivity index (χ0n) is 16.6. The van der Waals surface area contributed by atoms with Gasteiger partial charge in [-0.3, -0.25) is 9.79 Å². The first kappa shape index (κ1) is 20.0. The molecule has 2 aliphatic heterocycles. The number of amides is 1. The monoisotopic (exact) mass is 445 g/mol. The molecular formula is C19H21ClFN9O. The Bertz CT molecular complexity index is 969. The van der Waals surface area contributed by atoms with E-state index in [1.54, 1.807) is 21.1 Å². The topological polar surface area (TPSA) is 103 Å². The van der Waals surface area contributed by atoms with Gasteiger partial charge >= 0.3 is 0 Å². The Morgan fingerprint density at radius 3 is 2.42 bits per heavy atom. The fourth-order valence-corrected chi connectivity index (χ4v) is 4.00. The number of halogens is 2. The lowest BCUT2D eigenvalue weighted by molar-refractivity contribution is 0.0485. The van der Waals surface area contributed by atoms with Crippen LogP contribution in [-0.4, -0.2) is 75.1 Å². The third-order valence-corrected chi connectivity index (χ3v) is 5.75. The molecule has 1 amide bonds. The molecule has 0 radical (unpaired) electrons. The number of nitrogens with zero attached hydrogens (tertiary/aromatic N) is 8. The molecule has 3 aliphatic rings. The maximum absolute atomic E-state index is 15.3. The first-order valence-corrected chi connectivity index (χ1v) is 10.5. The number of aliphatic imine (C=N–C) groups is 1. The van der Waals surface area contributed by atoms with Gasteiger partial charge in [0, 0.05) is 25.0 Å². The summed E-state index contributed by atoms with van der Waals surface area (Å²) in [5, 5.41) is 2.01. The number of hydrogen-bond acceptors (Lipinski definition) is 9. The van der Waals surface area contributed by atoms with Crippen LogP contribution in [0, 0.1) is 0 Å². The first-order valence-electron chi connectivity index (χ1n) is 10.1. The van der Waals surface area contributed by atoms with Crippen LogP contribution < -0.4 is 15.3 Å². The highest BCUT2D eigenvalue weighted by Crippen LogP contribution is 2.34. The Morgan fingerprint density at radius 1 is 1.10 bits per heavy atom. The van der Waals surface area contributed by atoms with Crippen LogP contribution in [0.4, 0.5) is 16.3 Å². The first-order chi connectivity index (χ1) is 15.1. The van der Waals surface area contributed by atoms with Crippen molar-refractivity contribution in [2.75, 3.05) is 29.7 Å². The fraction of sp³-hybridized carbons (Fsp3) is 0.474. The molecule has 2 fully saturated rings. The van der Waals surface area contributed by atoms with E-state index in [0.29, 0.717) is 42.1 Å². The molecule has 0 unspecified atom stereocenters. The zero-order valence-corrected chi connectivity index (χ0v) is 17.4. The summed E-state index contributed by atoms with van der Waals surface area (Å²) in [5.74, 6) is 0.606. The molecule has 1 saturated heterocycles. The molecule has 10 nitrogen and oxygen atoms in total. The van der Waals surface area contributed by atoms with Crippen molar-refractivity contribution in [3.63, 3.8) is 0 Å². The van der Waals surface area contributed by atoms with Crippen molar-refractivity contribution in [1.29, 1.82) is 0 Å². The van der Waals surface area contributed by atoms with E-state index in [1.165, 1.54) is 24.8 Å². The largest absolute Gasteiger partial charge is 0.338 e. The predicted octanol–water partition coefficient (Wildman–Crippen LogP) is 1.45. The van der Waals surface area contributed by atoms with Gasteiger partial charge in [-0.05, 0) is 19.3 Å². The minimum absolute atomic E-state index is 0.0566. The van der Waals surface area contributed by atoms with Crippen LogP contribution >= 0.6 is 11.6 Å². The average molecular weight is 446 g/mol. The SMILES string of the molecule is O=C(c1cnc(N2C=NCN2)nc1)N(C1CC1)[C@@H]1CCN(c2ncc(Cl)cn2)C[C@@H]1F. The Labute approximate surface area is 183 Å². The van der Waals surface area contributed by atoms with Gasteiger partial charge in [0.05, 0.1) is 35.6 Å². The van der Waals surface area contributed by atoms with Crippen molar-refractivity contribution in [3.8, 4) is 0 Å². The van der Waals surface area contributed by atoms with Gasteiger partial charge in [0.1, 0.15) is 19.2 Å². The molecule has 1 N–H and O–H groups in total. The fourth-order valence-electron chi connectivity index (χ4n) is 3.90. The Hall–Kier alpha value is -2.92. The van der Waals surface area contributed by atoms with Crippen LogP contribution in [0.1, 0.15) is 29.6 Å². The summed E-state index contributed by atoms with van der Waals surface area (Å²) >= 11 is 5.84. The van der Waals surface area contributed by atoms with Gasteiger partial charge < -0.3 is 9.80 Å². The highest BCUT2D eigenvalue weighted by molar-refractivity contribution is 6.30. The van der Waals surface area contributed by atoms with Gasteiger partial charge in [0.2, 0.25) is 11.9 Å². The molecule has 0 bridgehead atoms. The van der Waals surface area contributed by atoms with Crippen LogP contribution in [0.25, 0.3) is 0 Å². The summed E-state index contributed by atoms with van der Waals surface area (Å²) in [7, 11) is 0. The number of aromatic nitrogens is 4. The van der Waals surface area contributed by atoms with Crippen LogP contribution in [0.3, 0.4) is 0 Å². The maximum Gasteiger partial charge on any atom is 0.257 e. The van der Waals surface area contributed by atoms with E-state index >= 15 is 4.39 Å². The lowest BCUT2D eigenvalue weighted by atomic mass is 10.00. The maximum atomic E-state index is 15.3. The van der Waals surface area contributed by atoms with Gasteiger partial charge in [0.15, 0.2) is 0 Å². The average Bonchev–Trinajstić information content (AvgIpc) is 3.47. The van der Waals surface area contributed by atoms with E-state index in [-0.39, 0.29) is 18.5 Å². The van der Waals surface area contributed by atoms with E-state index in [1.807, 2.05) is 0 Å². The van der Waals surface area contributed by atoms with Crippen molar-refractivity contribution < 1.29 is 9.18 Å². The molecule has 2 aromatic heterocycles. The number of hydrazine groups is 1. The third kappa shape index (κ3) is 4.15. The molecule has 1 saturated carbocycles. The molecule has 4 heterocycles. The van der Waals surface area contributed by atoms with Crippen molar-refractivity contribution >= 4 is 35.7 Å². The summed E-state index contributed by atoms with van der Waals surface area (Å²) in [4.78, 5) is 37.6. The summed E-state index contributed by atoms with van der Waals surface area (Å²) in [6.07, 6.45) is 8.57. The smallest absolute Gasteiger partial charge is 0.257 e. The van der Waals surface area contributed by atoms with E-state index < -0.39 is 12.2 Å². The number of nitrogens with one attached hydrogen (secondary N) is 1. The van der Waals surface area contributed by atoms with Crippen molar-refractivity contribution in [2.45, 2.75) is 37.5 Å². The second-order valence-electron chi connectivity index (χ2n) is 7.72. The number of piperidine rings is 1. The summed E-state index contributed by atoms with van der Waals surface area (Å²) in [6.45, 7) is 1.13. The van der Waals surface area contributed by atoms with Crippen molar-refractivity contribution in [1.82, 2.24) is 30.3 Å². The molecule has 12 heteroatoms. The van der Waals surface area contributed by atoms with E-state index in [0.717, 1.165) is 12.8 Å². The zero-order chi connectivity index (χ0) is 21.4. The number of rotatable bonds is 5. The Kier molecular flexibility index (Phi) is 5.36. The highest BCUT2D eigenvalue weighted by atomic mass is 35.5. The number of alkyl halides is 1. The predicted molar refractivity (Wildman–Crippen MR) is 113 cm³/mol. The number of anilines is 2. The number of carbonyl (C=O) groups is 1. The molecular weight excluding hydrogens is 425 g/mol. The lowest BCUT2D eigenvalue weighted by Gasteiger charge is -2.41. The summed E-state index contributed by atoms with van der Waals surface area (Å²) < 4.78 is 15.3. The summed E-state index contributed by atoms with van der Waals surface area (Å²) in [6, 6.07) is -0.447. The van der Waals surface area contributed by atoms with E-state index in [2.05, 4.69) is 30.4 Å². The number of carbonyl (C=O) groups excluding carboxylic acids is 1.